The minimum Gasteiger partial charge on any atom is -0.314 e. The quantitative estimate of drug-likeness (QED) is 0.790. The summed E-state index contributed by atoms with van der Waals surface area (Å²) in [6, 6.07) is 12.1. The van der Waals surface area contributed by atoms with Crippen molar-refractivity contribution < 1.29 is 0 Å². The van der Waals surface area contributed by atoms with Gasteiger partial charge in [-0.2, -0.15) is 0 Å². The Morgan fingerprint density at radius 3 is 2.80 bits per heavy atom. The topological polar surface area (TPSA) is 50.7 Å². The summed E-state index contributed by atoms with van der Waals surface area (Å²) < 4.78 is 0. The van der Waals surface area contributed by atoms with E-state index in [4.69, 9.17) is 0 Å². The first-order chi connectivity index (χ1) is 9.78. The Bertz CT molecular complexity index is 752. The van der Waals surface area contributed by atoms with Gasteiger partial charge in [-0.05, 0) is 37.7 Å². The summed E-state index contributed by atoms with van der Waals surface area (Å²) in [5, 5.41) is 4.26. The molecule has 0 saturated carbocycles. The average Bonchev–Trinajstić information content (AvgIpc) is 2.48. The fraction of sp³-hybridized carbons (Fsp3) is 0.188. The molecule has 0 aliphatic heterocycles. The standard InChI is InChI=1S/C16H16N4/c1-11-9-15(20-14-6-4-3-5-13(11)14)16-18-8-7-12(19-16)10-17-2/h3-9,17H,10H2,1-2H3. The van der Waals surface area contributed by atoms with Crippen LogP contribution in [-0.2, 0) is 6.54 Å². The highest BCUT2D eigenvalue weighted by atomic mass is 14.9. The highest BCUT2D eigenvalue weighted by molar-refractivity contribution is 5.84. The molecule has 20 heavy (non-hydrogen) atoms. The molecule has 4 nitrogen and oxygen atoms in total. The van der Waals surface area contributed by atoms with E-state index < -0.39 is 0 Å². The molecule has 2 heterocycles. The van der Waals surface area contributed by atoms with Crippen molar-refractivity contribution in [3.05, 3.63) is 53.9 Å². The van der Waals surface area contributed by atoms with Gasteiger partial charge in [0.15, 0.2) is 5.82 Å². The van der Waals surface area contributed by atoms with Gasteiger partial charge >= 0.3 is 0 Å². The first-order valence-electron chi connectivity index (χ1n) is 6.61. The van der Waals surface area contributed by atoms with Crippen molar-refractivity contribution in [3.63, 3.8) is 0 Å². The molecule has 1 N–H and O–H groups in total. The van der Waals surface area contributed by atoms with Crippen LogP contribution in [0.3, 0.4) is 0 Å². The van der Waals surface area contributed by atoms with Crippen molar-refractivity contribution in [2.45, 2.75) is 13.5 Å². The maximum Gasteiger partial charge on any atom is 0.178 e. The number of hydrogen-bond acceptors (Lipinski definition) is 4. The molecule has 0 unspecified atom stereocenters. The lowest BCUT2D eigenvalue weighted by atomic mass is 10.1. The second-order valence-electron chi connectivity index (χ2n) is 4.74. The van der Waals surface area contributed by atoms with Crippen LogP contribution in [0.1, 0.15) is 11.3 Å². The summed E-state index contributed by atoms with van der Waals surface area (Å²) in [4.78, 5) is 13.5. The number of rotatable bonds is 3. The van der Waals surface area contributed by atoms with E-state index in [9.17, 15) is 0 Å². The minimum absolute atomic E-state index is 0.673. The molecule has 0 fully saturated rings. The van der Waals surface area contributed by atoms with Crippen molar-refractivity contribution >= 4 is 10.9 Å². The van der Waals surface area contributed by atoms with Gasteiger partial charge in [0.25, 0.3) is 0 Å². The molecule has 0 spiro atoms. The number of benzene rings is 1. The van der Waals surface area contributed by atoms with Crippen LogP contribution in [-0.4, -0.2) is 22.0 Å². The maximum absolute atomic E-state index is 4.66. The van der Waals surface area contributed by atoms with Gasteiger partial charge < -0.3 is 5.32 Å². The molecule has 0 radical (unpaired) electrons. The smallest absolute Gasteiger partial charge is 0.178 e. The van der Waals surface area contributed by atoms with E-state index in [1.807, 2.05) is 37.4 Å². The number of pyridine rings is 1. The van der Waals surface area contributed by atoms with E-state index in [-0.39, 0.29) is 0 Å². The van der Waals surface area contributed by atoms with Crippen molar-refractivity contribution in [2.24, 2.45) is 0 Å². The fourth-order valence-corrected chi connectivity index (χ4v) is 2.26. The molecule has 0 saturated heterocycles. The van der Waals surface area contributed by atoms with Gasteiger partial charge in [-0.3, -0.25) is 0 Å². The van der Waals surface area contributed by atoms with Crippen LogP contribution in [0.2, 0.25) is 0 Å². The van der Waals surface area contributed by atoms with Gasteiger partial charge in [0.2, 0.25) is 0 Å². The third-order valence-corrected chi connectivity index (χ3v) is 3.22. The van der Waals surface area contributed by atoms with Crippen LogP contribution >= 0.6 is 0 Å². The number of aromatic nitrogens is 3. The van der Waals surface area contributed by atoms with Gasteiger partial charge in [-0.15, -0.1) is 0 Å². The summed E-state index contributed by atoms with van der Waals surface area (Å²) in [6.45, 7) is 2.81. The third-order valence-electron chi connectivity index (χ3n) is 3.22. The molecular formula is C16H16N4. The molecule has 3 rings (SSSR count). The number of para-hydroxylation sites is 1. The largest absolute Gasteiger partial charge is 0.314 e. The van der Waals surface area contributed by atoms with Crippen molar-refractivity contribution in [1.29, 1.82) is 0 Å². The molecule has 0 aliphatic rings. The summed E-state index contributed by atoms with van der Waals surface area (Å²) >= 11 is 0. The molecule has 100 valence electrons. The second-order valence-corrected chi connectivity index (χ2v) is 4.74. The highest BCUT2D eigenvalue weighted by Gasteiger charge is 2.07. The first kappa shape index (κ1) is 12.7. The minimum atomic E-state index is 0.673. The molecular weight excluding hydrogens is 248 g/mol. The summed E-state index contributed by atoms with van der Waals surface area (Å²) in [5.74, 6) is 0.673. The van der Waals surface area contributed by atoms with Crippen LogP contribution in [0.25, 0.3) is 22.4 Å². The average molecular weight is 264 g/mol. The lowest BCUT2D eigenvalue weighted by Gasteiger charge is -2.06. The molecule has 2 aromatic heterocycles. The maximum atomic E-state index is 4.66. The number of nitrogens with zero attached hydrogens (tertiary/aromatic N) is 3. The van der Waals surface area contributed by atoms with E-state index in [1.165, 1.54) is 10.9 Å². The Balaban J connectivity index is 2.12. The summed E-state index contributed by atoms with van der Waals surface area (Å²) in [7, 11) is 1.90. The Kier molecular flexibility index (Phi) is 3.39. The predicted octanol–water partition coefficient (Wildman–Crippen LogP) is 2.72. The molecule has 0 aliphatic carbocycles. The summed E-state index contributed by atoms with van der Waals surface area (Å²) in [5.41, 5.74) is 3.95. The molecule has 1 aromatic carbocycles. The molecule has 0 bridgehead atoms. The van der Waals surface area contributed by atoms with Gasteiger partial charge in [0, 0.05) is 18.1 Å². The van der Waals surface area contributed by atoms with Gasteiger partial charge in [-0.25, -0.2) is 15.0 Å². The Morgan fingerprint density at radius 2 is 1.95 bits per heavy atom. The first-order valence-corrected chi connectivity index (χ1v) is 6.61. The monoisotopic (exact) mass is 264 g/mol. The van der Waals surface area contributed by atoms with E-state index in [2.05, 4.69) is 33.3 Å². The zero-order valence-corrected chi connectivity index (χ0v) is 11.6. The highest BCUT2D eigenvalue weighted by Crippen LogP contribution is 2.21. The van der Waals surface area contributed by atoms with Crippen molar-refractivity contribution in [2.75, 3.05) is 7.05 Å². The molecule has 0 amide bonds. The SMILES string of the molecule is CNCc1ccnc(-c2cc(C)c3ccccc3n2)n1. The lowest BCUT2D eigenvalue weighted by molar-refractivity contribution is 0.787. The van der Waals surface area contributed by atoms with Gasteiger partial charge in [-0.1, -0.05) is 18.2 Å². The van der Waals surface area contributed by atoms with Crippen LogP contribution in [0.4, 0.5) is 0 Å². The predicted molar refractivity (Wildman–Crippen MR) is 80.3 cm³/mol. The normalized spacial score (nSPS) is 10.9. The Hall–Kier alpha value is -2.33. The van der Waals surface area contributed by atoms with Crippen LogP contribution in [0.15, 0.2) is 42.6 Å². The van der Waals surface area contributed by atoms with Crippen LogP contribution < -0.4 is 5.32 Å². The fourth-order valence-electron chi connectivity index (χ4n) is 2.26. The number of aryl methyl sites for hydroxylation is 1. The van der Waals surface area contributed by atoms with E-state index in [0.717, 1.165) is 23.4 Å². The van der Waals surface area contributed by atoms with Crippen molar-refractivity contribution in [1.82, 2.24) is 20.3 Å². The van der Waals surface area contributed by atoms with Gasteiger partial charge in [0.05, 0.1) is 11.2 Å². The van der Waals surface area contributed by atoms with E-state index in [0.29, 0.717) is 5.82 Å². The Labute approximate surface area is 117 Å². The molecule has 4 heteroatoms. The molecule has 3 aromatic rings. The number of fused-ring (bicyclic) bond motifs is 1. The number of nitrogens with one attached hydrogen (secondary N) is 1. The zero-order chi connectivity index (χ0) is 13.9. The van der Waals surface area contributed by atoms with Gasteiger partial charge in [0.1, 0.15) is 5.69 Å². The van der Waals surface area contributed by atoms with E-state index >= 15 is 0 Å². The number of hydrogen-bond donors (Lipinski definition) is 1. The van der Waals surface area contributed by atoms with E-state index in [1.54, 1.807) is 6.20 Å². The Morgan fingerprint density at radius 1 is 1.10 bits per heavy atom. The zero-order valence-electron chi connectivity index (χ0n) is 11.6. The summed E-state index contributed by atoms with van der Waals surface area (Å²) in [6.07, 6.45) is 1.78. The molecule has 0 atom stereocenters. The lowest BCUT2D eigenvalue weighted by Crippen LogP contribution is -2.08. The third kappa shape index (κ3) is 2.38. The second kappa shape index (κ2) is 5.35. The van der Waals surface area contributed by atoms with Crippen LogP contribution in [0.5, 0.6) is 0 Å². The van der Waals surface area contributed by atoms with Crippen LogP contribution in [0, 0.1) is 6.92 Å². The van der Waals surface area contributed by atoms with Crippen molar-refractivity contribution in [3.8, 4) is 11.5 Å².